The number of H-pyrrole nitrogens is 1. The van der Waals surface area contributed by atoms with Gasteiger partial charge in [0.2, 0.25) is 5.88 Å². The van der Waals surface area contributed by atoms with Gasteiger partial charge in [-0.1, -0.05) is 12.1 Å². The summed E-state index contributed by atoms with van der Waals surface area (Å²) in [6, 6.07) is 3.68. The molecule has 0 aliphatic heterocycles. The quantitative estimate of drug-likeness (QED) is 0.679. The molecule has 0 atom stereocenters. The molecule has 4 nitrogen and oxygen atoms in total. The van der Waals surface area contributed by atoms with Crippen LogP contribution >= 0.6 is 0 Å². The lowest BCUT2D eigenvalue weighted by molar-refractivity contribution is 0.460. The third-order valence-electron chi connectivity index (χ3n) is 2.55. The van der Waals surface area contributed by atoms with E-state index >= 15 is 0 Å². The molecule has 1 aromatic carbocycles. The van der Waals surface area contributed by atoms with Crippen LogP contribution in [-0.2, 0) is 0 Å². The molecule has 1 aromatic heterocycles. The van der Waals surface area contributed by atoms with E-state index < -0.39 is 0 Å². The third-order valence-corrected chi connectivity index (χ3v) is 2.55. The predicted molar refractivity (Wildman–Crippen MR) is 54.9 cm³/mol. The number of aryl methyl sites for hydroxylation is 2. The number of nitrogens with zero attached hydrogens (tertiary/aromatic N) is 1. The third kappa shape index (κ3) is 1.00. The highest BCUT2D eigenvalue weighted by Crippen LogP contribution is 2.36. The van der Waals surface area contributed by atoms with Crippen LogP contribution in [0.5, 0.6) is 5.88 Å². The zero-order chi connectivity index (χ0) is 10.3. The number of aromatic hydroxyl groups is 1. The number of benzene rings is 1. The smallest absolute Gasteiger partial charge is 0.219 e. The summed E-state index contributed by atoms with van der Waals surface area (Å²) in [5, 5.41) is 12.9. The largest absolute Gasteiger partial charge is 0.493 e. The Labute approximate surface area is 80.5 Å². The Bertz CT molecular complexity index is 514. The van der Waals surface area contributed by atoms with Gasteiger partial charge in [-0.05, 0) is 30.2 Å². The number of hydrogen-bond acceptors (Lipinski definition) is 3. The Kier molecular flexibility index (Phi) is 1.77. The molecule has 0 aliphatic carbocycles. The van der Waals surface area contributed by atoms with Gasteiger partial charge in [0.25, 0.3) is 0 Å². The van der Waals surface area contributed by atoms with E-state index in [1.165, 1.54) is 0 Å². The number of hydrogen-bond donors (Lipinski definition) is 2. The van der Waals surface area contributed by atoms with Crippen LogP contribution in [0, 0.1) is 18.8 Å². The second kappa shape index (κ2) is 2.83. The summed E-state index contributed by atoms with van der Waals surface area (Å²) in [6.45, 7) is 3.91. The van der Waals surface area contributed by atoms with Crippen LogP contribution < -0.4 is 0 Å². The molecule has 0 spiro atoms. The van der Waals surface area contributed by atoms with E-state index in [0.717, 1.165) is 16.6 Å². The zero-order valence-corrected chi connectivity index (χ0v) is 7.96. The predicted octanol–water partition coefficient (Wildman–Crippen LogP) is 2.89. The maximum Gasteiger partial charge on any atom is 0.219 e. The van der Waals surface area contributed by atoms with Crippen molar-refractivity contribution in [3.05, 3.63) is 28.2 Å². The molecule has 72 valence electrons. The minimum Gasteiger partial charge on any atom is -0.493 e. The van der Waals surface area contributed by atoms with Crippen molar-refractivity contribution in [2.24, 2.45) is 5.18 Å². The molecule has 2 aromatic rings. The lowest BCUT2D eigenvalue weighted by Gasteiger charge is -1.99. The first-order valence-electron chi connectivity index (χ1n) is 4.29. The molecule has 0 aliphatic rings. The van der Waals surface area contributed by atoms with Gasteiger partial charge < -0.3 is 10.1 Å². The zero-order valence-electron chi connectivity index (χ0n) is 7.96. The number of nitroso groups, excluding NO2 is 1. The molecular formula is C10H10N2O2. The summed E-state index contributed by atoms with van der Waals surface area (Å²) >= 11 is 0. The van der Waals surface area contributed by atoms with E-state index in [0.29, 0.717) is 5.39 Å². The Balaban J connectivity index is 2.93. The fourth-order valence-electron chi connectivity index (χ4n) is 1.57. The fourth-order valence-corrected chi connectivity index (χ4v) is 1.57. The van der Waals surface area contributed by atoms with Crippen LogP contribution in [0.1, 0.15) is 11.1 Å². The Morgan fingerprint density at radius 3 is 2.71 bits per heavy atom. The van der Waals surface area contributed by atoms with Crippen molar-refractivity contribution in [3.8, 4) is 5.88 Å². The molecule has 0 bridgehead atoms. The van der Waals surface area contributed by atoms with Crippen LogP contribution in [0.15, 0.2) is 17.3 Å². The lowest BCUT2D eigenvalue weighted by Crippen LogP contribution is -1.81. The van der Waals surface area contributed by atoms with Gasteiger partial charge in [0.15, 0.2) is 5.69 Å². The minimum atomic E-state index is -0.163. The van der Waals surface area contributed by atoms with Gasteiger partial charge in [-0.15, -0.1) is 4.91 Å². The number of aromatic nitrogens is 1. The van der Waals surface area contributed by atoms with Gasteiger partial charge in [0.05, 0.1) is 5.52 Å². The first kappa shape index (κ1) is 8.74. The Hall–Kier alpha value is -1.84. The number of aromatic amines is 1. The molecule has 4 heteroatoms. The first-order valence-corrected chi connectivity index (χ1v) is 4.29. The molecule has 0 amide bonds. The molecular weight excluding hydrogens is 180 g/mol. The summed E-state index contributed by atoms with van der Waals surface area (Å²) in [7, 11) is 0. The second-order valence-electron chi connectivity index (χ2n) is 3.34. The average Bonchev–Trinajstić information content (AvgIpc) is 2.49. The molecule has 0 unspecified atom stereocenters. The Morgan fingerprint density at radius 2 is 2.07 bits per heavy atom. The molecule has 0 fully saturated rings. The van der Waals surface area contributed by atoms with Crippen molar-refractivity contribution in [1.29, 1.82) is 0 Å². The van der Waals surface area contributed by atoms with Gasteiger partial charge in [-0.3, -0.25) is 0 Å². The molecule has 0 radical (unpaired) electrons. The first-order chi connectivity index (χ1) is 6.65. The normalized spacial score (nSPS) is 10.7. The van der Waals surface area contributed by atoms with E-state index in [1.807, 2.05) is 19.9 Å². The van der Waals surface area contributed by atoms with Crippen molar-refractivity contribution in [3.63, 3.8) is 0 Å². The summed E-state index contributed by atoms with van der Waals surface area (Å²) in [5.74, 6) is -0.163. The van der Waals surface area contributed by atoms with Crippen molar-refractivity contribution < 1.29 is 5.11 Å². The van der Waals surface area contributed by atoms with Crippen molar-refractivity contribution in [2.45, 2.75) is 13.8 Å². The molecule has 2 rings (SSSR count). The molecule has 1 heterocycles. The van der Waals surface area contributed by atoms with Crippen LogP contribution in [0.2, 0.25) is 0 Å². The summed E-state index contributed by atoms with van der Waals surface area (Å²) < 4.78 is 0. The lowest BCUT2D eigenvalue weighted by atomic mass is 10.1. The van der Waals surface area contributed by atoms with Crippen molar-refractivity contribution in [1.82, 2.24) is 4.98 Å². The fraction of sp³-hybridized carbons (Fsp3) is 0.200. The monoisotopic (exact) mass is 190 g/mol. The van der Waals surface area contributed by atoms with Crippen LogP contribution in [0.25, 0.3) is 10.9 Å². The van der Waals surface area contributed by atoms with E-state index in [-0.39, 0.29) is 11.6 Å². The van der Waals surface area contributed by atoms with E-state index in [4.69, 9.17) is 0 Å². The number of nitrogens with one attached hydrogen (secondary N) is 1. The molecule has 0 saturated heterocycles. The van der Waals surface area contributed by atoms with Crippen molar-refractivity contribution in [2.75, 3.05) is 0 Å². The number of rotatable bonds is 1. The molecule has 0 saturated carbocycles. The number of fused-ring (bicyclic) bond motifs is 1. The average molecular weight is 190 g/mol. The minimum absolute atomic E-state index is 0.0862. The highest BCUT2D eigenvalue weighted by atomic mass is 16.3. The summed E-state index contributed by atoms with van der Waals surface area (Å²) in [5.41, 5.74) is 2.99. The van der Waals surface area contributed by atoms with E-state index in [2.05, 4.69) is 10.2 Å². The molecule has 14 heavy (non-hydrogen) atoms. The van der Waals surface area contributed by atoms with Gasteiger partial charge in [0.1, 0.15) is 0 Å². The summed E-state index contributed by atoms with van der Waals surface area (Å²) in [6.07, 6.45) is 0. The van der Waals surface area contributed by atoms with Gasteiger partial charge in [-0.25, -0.2) is 0 Å². The van der Waals surface area contributed by atoms with Crippen molar-refractivity contribution >= 4 is 16.6 Å². The van der Waals surface area contributed by atoms with Crippen LogP contribution in [-0.4, -0.2) is 10.1 Å². The maximum atomic E-state index is 10.5. The summed E-state index contributed by atoms with van der Waals surface area (Å²) in [4.78, 5) is 13.2. The van der Waals surface area contributed by atoms with Gasteiger partial charge in [0, 0.05) is 5.39 Å². The van der Waals surface area contributed by atoms with E-state index in [1.54, 1.807) is 6.07 Å². The van der Waals surface area contributed by atoms with Crippen LogP contribution in [0.4, 0.5) is 5.69 Å². The SMILES string of the molecule is Cc1ccc2c(N=O)c(O)[nH]c2c1C. The van der Waals surface area contributed by atoms with Gasteiger partial charge in [-0.2, -0.15) is 0 Å². The second-order valence-corrected chi connectivity index (χ2v) is 3.34. The molecule has 2 N–H and O–H groups in total. The Morgan fingerprint density at radius 1 is 1.36 bits per heavy atom. The maximum absolute atomic E-state index is 10.5. The van der Waals surface area contributed by atoms with E-state index in [9.17, 15) is 10.0 Å². The van der Waals surface area contributed by atoms with Crippen LogP contribution in [0.3, 0.4) is 0 Å². The van der Waals surface area contributed by atoms with Gasteiger partial charge >= 0.3 is 0 Å². The highest BCUT2D eigenvalue weighted by Gasteiger charge is 2.13. The standard InChI is InChI=1S/C10H10N2O2/c1-5-3-4-7-8(6(5)2)11-10(13)9(7)12-14/h3-4,11,13H,1-2H3. The topological polar surface area (TPSA) is 65.4 Å². The highest BCUT2D eigenvalue weighted by molar-refractivity contribution is 5.96.